The summed E-state index contributed by atoms with van der Waals surface area (Å²) in [6.45, 7) is 3.88. The molecule has 0 aliphatic carbocycles. The summed E-state index contributed by atoms with van der Waals surface area (Å²) in [5, 5.41) is 5.46. The molecule has 156 valence electrons. The molecule has 1 unspecified atom stereocenters. The second kappa shape index (κ2) is 8.32. The SMILES string of the molecule is O=C1CCC(c2coc3ccc4cc(OCCN5CCSCC5)ccc4c23)C(=O)N1. The number of thioether (sulfide) groups is 1. The van der Waals surface area contributed by atoms with E-state index in [4.69, 9.17) is 9.15 Å². The number of hydrogen-bond acceptors (Lipinski definition) is 6. The lowest BCUT2D eigenvalue weighted by molar-refractivity contribution is -0.134. The third kappa shape index (κ3) is 3.79. The first-order valence-corrected chi connectivity index (χ1v) is 11.5. The van der Waals surface area contributed by atoms with Crippen molar-refractivity contribution >= 4 is 45.3 Å². The lowest BCUT2D eigenvalue weighted by atomic mass is 9.89. The normalized spacial score (nSPS) is 20.6. The second-order valence-corrected chi connectivity index (χ2v) is 9.04. The highest BCUT2D eigenvalue weighted by Crippen LogP contribution is 2.37. The molecule has 2 aliphatic rings. The van der Waals surface area contributed by atoms with Crippen LogP contribution in [0.3, 0.4) is 0 Å². The number of ether oxygens (including phenoxy) is 1. The van der Waals surface area contributed by atoms with Crippen LogP contribution in [-0.2, 0) is 9.59 Å². The van der Waals surface area contributed by atoms with Gasteiger partial charge in [0, 0.05) is 48.5 Å². The van der Waals surface area contributed by atoms with E-state index >= 15 is 0 Å². The maximum absolute atomic E-state index is 12.4. The highest BCUT2D eigenvalue weighted by atomic mass is 32.2. The van der Waals surface area contributed by atoms with Gasteiger partial charge in [0.25, 0.3) is 0 Å². The van der Waals surface area contributed by atoms with Crippen molar-refractivity contribution in [3.63, 3.8) is 0 Å². The van der Waals surface area contributed by atoms with Crippen LogP contribution in [0, 0.1) is 0 Å². The fourth-order valence-corrected chi connectivity index (χ4v) is 5.30. The number of rotatable bonds is 5. The minimum atomic E-state index is -0.367. The van der Waals surface area contributed by atoms with Gasteiger partial charge >= 0.3 is 0 Å². The number of piperidine rings is 1. The molecule has 2 amide bonds. The van der Waals surface area contributed by atoms with Crippen LogP contribution in [0.1, 0.15) is 24.3 Å². The van der Waals surface area contributed by atoms with Crippen molar-refractivity contribution in [2.24, 2.45) is 0 Å². The number of carbonyl (C=O) groups is 2. The lowest BCUT2D eigenvalue weighted by Crippen LogP contribution is -2.39. The molecular formula is C23H24N2O4S. The fraction of sp³-hybridized carbons (Fsp3) is 0.391. The van der Waals surface area contributed by atoms with Crippen molar-refractivity contribution in [2.45, 2.75) is 18.8 Å². The topological polar surface area (TPSA) is 71.8 Å². The Morgan fingerprint density at radius 2 is 2.03 bits per heavy atom. The number of imide groups is 1. The Labute approximate surface area is 178 Å². The zero-order valence-electron chi connectivity index (χ0n) is 16.7. The maximum Gasteiger partial charge on any atom is 0.234 e. The lowest BCUT2D eigenvalue weighted by Gasteiger charge is -2.25. The zero-order valence-corrected chi connectivity index (χ0v) is 17.5. The Morgan fingerprint density at radius 1 is 1.17 bits per heavy atom. The Morgan fingerprint density at radius 3 is 2.87 bits per heavy atom. The molecule has 2 fully saturated rings. The Hall–Kier alpha value is -2.51. The summed E-state index contributed by atoms with van der Waals surface area (Å²) in [5.41, 5.74) is 1.59. The molecule has 5 rings (SSSR count). The third-order valence-corrected chi connectivity index (χ3v) is 6.89. The number of fused-ring (bicyclic) bond motifs is 3. The second-order valence-electron chi connectivity index (χ2n) is 7.82. The molecule has 2 saturated heterocycles. The van der Waals surface area contributed by atoms with Gasteiger partial charge in [0.2, 0.25) is 11.8 Å². The Bertz CT molecular complexity index is 1100. The van der Waals surface area contributed by atoms with Crippen molar-refractivity contribution in [1.29, 1.82) is 0 Å². The number of carbonyl (C=O) groups excluding carboxylic acids is 2. The minimum absolute atomic E-state index is 0.209. The average Bonchev–Trinajstić information content (AvgIpc) is 3.19. The fourth-order valence-electron chi connectivity index (χ4n) is 4.32. The molecule has 1 atom stereocenters. The van der Waals surface area contributed by atoms with Crippen molar-refractivity contribution < 1.29 is 18.7 Å². The number of furan rings is 1. The number of amides is 2. The maximum atomic E-state index is 12.4. The smallest absolute Gasteiger partial charge is 0.234 e. The molecule has 2 aromatic carbocycles. The Kier molecular flexibility index (Phi) is 5.39. The van der Waals surface area contributed by atoms with Crippen LogP contribution in [0.25, 0.3) is 21.7 Å². The summed E-state index contributed by atoms with van der Waals surface area (Å²) in [6.07, 6.45) is 2.51. The van der Waals surface area contributed by atoms with Gasteiger partial charge in [-0.2, -0.15) is 11.8 Å². The molecule has 3 heterocycles. The van der Waals surface area contributed by atoms with Crippen molar-refractivity contribution in [3.05, 3.63) is 42.2 Å². The molecule has 30 heavy (non-hydrogen) atoms. The summed E-state index contributed by atoms with van der Waals surface area (Å²) in [4.78, 5) is 26.3. The van der Waals surface area contributed by atoms with Crippen LogP contribution < -0.4 is 10.1 Å². The van der Waals surface area contributed by atoms with E-state index in [2.05, 4.69) is 10.2 Å². The molecular weight excluding hydrogens is 400 g/mol. The van der Waals surface area contributed by atoms with E-state index in [1.165, 1.54) is 11.5 Å². The van der Waals surface area contributed by atoms with Gasteiger partial charge in [0.1, 0.15) is 17.9 Å². The summed E-state index contributed by atoms with van der Waals surface area (Å²) in [5.74, 6) is 2.42. The monoisotopic (exact) mass is 424 g/mol. The molecule has 0 bridgehead atoms. The van der Waals surface area contributed by atoms with E-state index < -0.39 is 0 Å². The van der Waals surface area contributed by atoms with Crippen LogP contribution in [0.5, 0.6) is 5.75 Å². The van der Waals surface area contributed by atoms with Crippen LogP contribution in [0.2, 0.25) is 0 Å². The van der Waals surface area contributed by atoms with Gasteiger partial charge in [-0.1, -0.05) is 6.07 Å². The summed E-state index contributed by atoms with van der Waals surface area (Å²) >= 11 is 2.01. The van der Waals surface area contributed by atoms with E-state index in [-0.39, 0.29) is 17.7 Å². The molecule has 1 aromatic heterocycles. The van der Waals surface area contributed by atoms with Gasteiger partial charge in [-0.15, -0.1) is 0 Å². The molecule has 6 nitrogen and oxygen atoms in total. The molecule has 3 aromatic rings. The third-order valence-electron chi connectivity index (χ3n) is 5.95. The predicted molar refractivity (Wildman–Crippen MR) is 118 cm³/mol. The largest absolute Gasteiger partial charge is 0.492 e. The molecule has 0 saturated carbocycles. The van der Waals surface area contributed by atoms with Gasteiger partial charge < -0.3 is 9.15 Å². The minimum Gasteiger partial charge on any atom is -0.492 e. The summed E-state index contributed by atoms with van der Waals surface area (Å²) in [7, 11) is 0. The highest BCUT2D eigenvalue weighted by Gasteiger charge is 2.31. The zero-order chi connectivity index (χ0) is 20.5. The number of nitrogens with one attached hydrogen (secondary N) is 1. The van der Waals surface area contributed by atoms with E-state index in [0.29, 0.717) is 19.4 Å². The summed E-state index contributed by atoms with van der Waals surface area (Å²) in [6, 6.07) is 10.0. The average molecular weight is 425 g/mol. The van der Waals surface area contributed by atoms with Gasteiger partial charge in [0.05, 0.1) is 12.2 Å². The van der Waals surface area contributed by atoms with E-state index in [1.54, 1.807) is 6.26 Å². The van der Waals surface area contributed by atoms with Gasteiger partial charge in [-0.3, -0.25) is 19.8 Å². The first kappa shape index (κ1) is 19.5. The van der Waals surface area contributed by atoms with Crippen LogP contribution >= 0.6 is 11.8 Å². The predicted octanol–water partition coefficient (Wildman–Crippen LogP) is 3.53. The van der Waals surface area contributed by atoms with Gasteiger partial charge in [-0.25, -0.2) is 0 Å². The number of benzene rings is 2. The Balaban J connectivity index is 1.39. The van der Waals surface area contributed by atoms with E-state index in [1.807, 2.05) is 42.1 Å². The molecule has 0 radical (unpaired) electrons. The number of hydrogen-bond donors (Lipinski definition) is 1. The molecule has 1 N–H and O–H groups in total. The van der Waals surface area contributed by atoms with Crippen LogP contribution in [0.4, 0.5) is 0 Å². The summed E-state index contributed by atoms with van der Waals surface area (Å²) < 4.78 is 11.8. The van der Waals surface area contributed by atoms with Crippen LogP contribution in [0.15, 0.2) is 41.0 Å². The van der Waals surface area contributed by atoms with E-state index in [0.717, 1.165) is 52.7 Å². The van der Waals surface area contributed by atoms with Gasteiger partial charge in [-0.05, 0) is 41.5 Å². The van der Waals surface area contributed by atoms with Gasteiger partial charge in [0.15, 0.2) is 0 Å². The number of nitrogens with zero attached hydrogens (tertiary/aromatic N) is 1. The molecule has 7 heteroatoms. The first-order valence-electron chi connectivity index (χ1n) is 10.4. The van der Waals surface area contributed by atoms with Crippen molar-refractivity contribution in [3.8, 4) is 5.75 Å². The van der Waals surface area contributed by atoms with E-state index in [9.17, 15) is 9.59 Å². The van der Waals surface area contributed by atoms with Crippen molar-refractivity contribution in [2.75, 3.05) is 37.7 Å². The quantitative estimate of drug-likeness (QED) is 0.632. The first-order chi connectivity index (χ1) is 14.7. The standard InChI is InChI=1S/C23H24N2O4S/c26-21-6-4-18(23(27)24-21)19-14-29-20-5-1-15-13-16(2-3-17(15)22(19)20)28-10-7-25-8-11-30-12-9-25/h1-3,5,13-14,18H,4,6-12H2,(H,24,26,27). The van der Waals surface area contributed by atoms with Crippen molar-refractivity contribution in [1.82, 2.24) is 10.2 Å². The van der Waals surface area contributed by atoms with Crippen LogP contribution in [-0.4, -0.2) is 54.5 Å². The molecule has 0 spiro atoms. The highest BCUT2D eigenvalue weighted by molar-refractivity contribution is 7.99. The molecule has 2 aliphatic heterocycles.